The van der Waals surface area contributed by atoms with Crippen LogP contribution in [0.3, 0.4) is 0 Å². The number of aryl methyl sites for hydroxylation is 1. The van der Waals surface area contributed by atoms with Gasteiger partial charge >= 0.3 is 0 Å². The van der Waals surface area contributed by atoms with Gasteiger partial charge in [0.2, 0.25) is 0 Å². The molecule has 114 valence electrons. The van der Waals surface area contributed by atoms with Crippen molar-refractivity contribution >= 4 is 5.69 Å². The van der Waals surface area contributed by atoms with E-state index in [0.29, 0.717) is 12.6 Å². The summed E-state index contributed by atoms with van der Waals surface area (Å²) in [5, 5.41) is 0. The van der Waals surface area contributed by atoms with Crippen LogP contribution in [-0.2, 0) is 0 Å². The maximum Gasteiger partial charge on any atom is 0.0951 e. The Hall–Kier alpha value is -1.81. The first-order valence-corrected chi connectivity index (χ1v) is 7.64. The van der Waals surface area contributed by atoms with E-state index in [9.17, 15) is 0 Å². The zero-order valence-electron chi connectivity index (χ0n) is 13.5. The lowest BCUT2D eigenvalue weighted by molar-refractivity contribution is 0.524. The van der Waals surface area contributed by atoms with Crippen molar-refractivity contribution in [1.29, 1.82) is 0 Å². The van der Waals surface area contributed by atoms with Gasteiger partial charge in [-0.2, -0.15) is 0 Å². The molecule has 2 aromatic rings. The van der Waals surface area contributed by atoms with Crippen molar-refractivity contribution in [3.8, 4) is 0 Å². The summed E-state index contributed by atoms with van der Waals surface area (Å²) in [4.78, 5) is 6.69. The number of rotatable bonds is 6. The molecule has 0 saturated heterocycles. The van der Waals surface area contributed by atoms with Crippen molar-refractivity contribution in [2.24, 2.45) is 5.73 Å². The van der Waals surface area contributed by atoms with Crippen molar-refractivity contribution in [2.45, 2.75) is 39.8 Å². The van der Waals surface area contributed by atoms with Gasteiger partial charge in [0.1, 0.15) is 0 Å². The van der Waals surface area contributed by atoms with E-state index in [2.05, 4.69) is 66.4 Å². The molecule has 0 spiro atoms. The highest BCUT2D eigenvalue weighted by Crippen LogP contribution is 2.29. The number of para-hydroxylation sites is 1. The summed E-state index contributed by atoms with van der Waals surface area (Å²) < 4.78 is 2.21. The van der Waals surface area contributed by atoms with Crippen LogP contribution in [0.4, 0.5) is 5.69 Å². The van der Waals surface area contributed by atoms with Gasteiger partial charge in [-0.25, -0.2) is 4.98 Å². The van der Waals surface area contributed by atoms with Gasteiger partial charge in [0.05, 0.1) is 24.3 Å². The summed E-state index contributed by atoms with van der Waals surface area (Å²) in [5.41, 5.74) is 9.81. The number of hydrogen-bond acceptors (Lipinski definition) is 3. The van der Waals surface area contributed by atoms with Gasteiger partial charge < -0.3 is 15.2 Å². The Morgan fingerprint density at radius 1 is 1.29 bits per heavy atom. The normalized spacial score (nSPS) is 12.7. The quantitative estimate of drug-likeness (QED) is 0.886. The minimum atomic E-state index is 0.140. The molecule has 1 unspecified atom stereocenters. The van der Waals surface area contributed by atoms with Crippen molar-refractivity contribution in [3.63, 3.8) is 0 Å². The third kappa shape index (κ3) is 3.10. The van der Waals surface area contributed by atoms with Crippen LogP contribution in [0.2, 0.25) is 0 Å². The Morgan fingerprint density at radius 3 is 2.57 bits per heavy atom. The predicted octanol–water partition coefficient (Wildman–Crippen LogP) is 3.30. The van der Waals surface area contributed by atoms with Crippen molar-refractivity contribution in [2.75, 3.05) is 18.0 Å². The van der Waals surface area contributed by atoms with E-state index in [1.807, 2.05) is 12.5 Å². The lowest BCUT2D eigenvalue weighted by Crippen LogP contribution is -2.35. The summed E-state index contributed by atoms with van der Waals surface area (Å²) >= 11 is 0. The standard InChI is InChI=1S/C17H26N4/c1-5-20(15-9-7-6-8-14(15)4)16(10-18)17-11-19-12-21(17)13(2)3/h6-9,11-13,16H,5,10,18H2,1-4H3. The molecule has 0 saturated carbocycles. The average molecular weight is 286 g/mol. The molecular weight excluding hydrogens is 260 g/mol. The first kappa shape index (κ1) is 15.6. The fourth-order valence-electron chi connectivity index (χ4n) is 2.86. The van der Waals surface area contributed by atoms with Gasteiger partial charge in [-0.15, -0.1) is 0 Å². The van der Waals surface area contributed by atoms with E-state index in [4.69, 9.17) is 5.73 Å². The monoisotopic (exact) mass is 286 g/mol. The number of imidazole rings is 1. The third-order valence-corrected chi connectivity index (χ3v) is 3.96. The van der Waals surface area contributed by atoms with Crippen molar-refractivity contribution in [3.05, 3.63) is 48.0 Å². The molecule has 0 aliphatic heterocycles. The number of likely N-dealkylation sites (N-methyl/N-ethyl adjacent to an activating group) is 1. The van der Waals surface area contributed by atoms with Crippen LogP contribution in [0.1, 0.15) is 44.1 Å². The van der Waals surface area contributed by atoms with Crippen LogP contribution in [0.15, 0.2) is 36.8 Å². The summed E-state index contributed by atoms with van der Waals surface area (Å²) in [6.07, 6.45) is 3.84. The molecule has 1 aromatic carbocycles. The highest BCUT2D eigenvalue weighted by molar-refractivity contribution is 5.54. The van der Waals surface area contributed by atoms with Crippen LogP contribution in [0, 0.1) is 6.92 Å². The molecule has 1 heterocycles. The van der Waals surface area contributed by atoms with E-state index >= 15 is 0 Å². The summed E-state index contributed by atoms with van der Waals surface area (Å²) in [5.74, 6) is 0. The van der Waals surface area contributed by atoms with Crippen LogP contribution in [0.5, 0.6) is 0 Å². The Kier molecular flexibility index (Phi) is 5.02. The van der Waals surface area contributed by atoms with Crippen LogP contribution >= 0.6 is 0 Å². The highest BCUT2D eigenvalue weighted by Gasteiger charge is 2.23. The maximum absolute atomic E-state index is 6.11. The molecule has 0 amide bonds. The predicted molar refractivity (Wildman–Crippen MR) is 88.6 cm³/mol. The van der Waals surface area contributed by atoms with E-state index < -0.39 is 0 Å². The van der Waals surface area contributed by atoms with E-state index in [0.717, 1.165) is 6.54 Å². The topological polar surface area (TPSA) is 47.1 Å². The van der Waals surface area contributed by atoms with Crippen molar-refractivity contribution in [1.82, 2.24) is 9.55 Å². The minimum Gasteiger partial charge on any atom is -0.362 e. The van der Waals surface area contributed by atoms with Gasteiger partial charge in [0.25, 0.3) is 0 Å². The van der Waals surface area contributed by atoms with Gasteiger partial charge in [-0.1, -0.05) is 18.2 Å². The van der Waals surface area contributed by atoms with E-state index in [1.54, 1.807) is 0 Å². The molecule has 1 atom stereocenters. The first-order chi connectivity index (χ1) is 10.1. The van der Waals surface area contributed by atoms with Crippen LogP contribution < -0.4 is 10.6 Å². The van der Waals surface area contributed by atoms with Crippen LogP contribution in [0.25, 0.3) is 0 Å². The lowest BCUT2D eigenvalue weighted by atomic mass is 10.1. The molecule has 0 aliphatic rings. The Bertz CT molecular complexity index is 574. The number of nitrogens with zero attached hydrogens (tertiary/aromatic N) is 3. The zero-order valence-corrected chi connectivity index (χ0v) is 13.5. The summed E-state index contributed by atoms with van der Waals surface area (Å²) in [6.45, 7) is 10.1. The van der Waals surface area contributed by atoms with Gasteiger partial charge in [0.15, 0.2) is 0 Å². The van der Waals surface area contributed by atoms with Crippen LogP contribution in [-0.4, -0.2) is 22.6 Å². The second kappa shape index (κ2) is 6.76. The molecule has 4 nitrogen and oxygen atoms in total. The molecule has 21 heavy (non-hydrogen) atoms. The fourth-order valence-corrected chi connectivity index (χ4v) is 2.86. The fraction of sp³-hybridized carbons (Fsp3) is 0.471. The number of anilines is 1. The number of benzene rings is 1. The summed E-state index contributed by atoms with van der Waals surface area (Å²) in [6, 6.07) is 8.98. The smallest absolute Gasteiger partial charge is 0.0951 e. The van der Waals surface area contributed by atoms with E-state index in [-0.39, 0.29) is 6.04 Å². The third-order valence-electron chi connectivity index (χ3n) is 3.96. The minimum absolute atomic E-state index is 0.140. The van der Waals surface area contributed by atoms with E-state index in [1.165, 1.54) is 16.9 Å². The SMILES string of the molecule is CCN(c1ccccc1C)C(CN)c1cncn1C(C)C. The number of hydrogen-bond donors (Lipinski definition) is 1. The second-order valence-corrected chi connectivity index (χ2v) is 5.64. The molecule has 2 N–H and O–H groups in total. The first-order valence-electron chi connectivity index (χ1n) is 7.64. The average Bonchev–Trinajstić information content (AvgIpc) is 2.95. The number of aromatic nitrogens is 2. The second-order valence-electron chi connectivity index (χ2n) is 5.64. The molecule has 4 heteroatoms. The Labute approximate surface area is 127 Å². The molecule has 2 rings (SSSR count). The Balaban J connectivity index is 2.43. The highest BCUT2D eigenvalue weighted by atomic mass is 15.2. The van der Waals surface area contributed by atoms with Crippen molar-refractivity contribution < 1.29 is 0 Å². The molecule has 1 aromatic heterocycles. The largest absolute Gasteiger partial charge is 0.362 e. The van der Waals surface area contributed by atoms with Gasteiger partial charge in [-0.05, 0) is 39.3 Å². The maximum atomic E-state index is 6.11. The zero-order chi connectivity index (χ0) is 15.4. The molecular formula is C17H26N4. The lowest BCUT2D eigenvalue weighted by Gasteiger charge is -2.34. The molecule has 0 fully saturated rings. The Morgan fingerprint density at radius 2 is 2.00 bits per heavy atom. The molecule has 0 aliphatic carbocycles. The molecule has 0 radical (unpaired) electrons. The summed E-state index contributed by atoms with van der Waals surface area (Å²) in [7, 11) is 0. The van der Waals surface area contributed by atoms with Gasteiger partial charge in [0, 0.05) is 24.8 Å². The van der Waals surface area contributed by atoms with Gasteiger partial charge in [-0.3, -0.25) is 0 Å². The molecule has 0 bridgehead atoms. The number of nitrogens with two attached hydrogens (primary N) is 1.